The SMILES string of the molecule is COc1cccc(C(=O)N2[C@@H](C(=O)NCc3ccccc3)COC23CCN(C(=O)c2ccc(F)cc2)CC3)c1. The highest BCUT2D eigenvalue weighted by Gasteiger charge is 2.54. The molecule has 0 aliphatic carbocycles. The fraction of sp³-hybridized carbons (Fsp3) is 0.300. The van der Waals surface area contributed by atoms with Crippen molar-refractivity contribution in [2.24, 2.45) is 0 Å². The van der Waals surface area contributed by atoms with Gasteiger partial charge in [-0.25, -0.2) is 4.39 Å². The van der Waals surface area contributed by atoms with Crippen molar-refractivity contribution in [2.45, 2.75) is 31.2 Å². The van der Waals surface area contributed by atoms with Gasteiger partial charge in [0.2, 0.25) is 5.91 Å². The maximum absolute atomic E-state index is 13.9. The van der Waals surface area contributed by atoms with Crippen LogP contribution in [0.15, 0.2) is 78.9 Å². The molecule has 0 unspecified atom stereocenters. The highest BCUT2D eigenvalue weighted by atomic mass is 19.1. The first kappa shape index (κ1) is 26.4. The van der Waals surface area contributed by atoms with Crippen LogP contribution in [0.25, 0.3) is 0 Å². The number of carbonyl (C=O) groups is 3. The van der Waals surface area contributed by atoms with Gasteiger partial charge in [0.15, 0.2) is 0 Å². The van der Waals surface area contributed by atoms with E-state index in [4.69, 9.17) is 9.47 Å². The summed E-state index contributed by atoms with van der Waals surface area (Å²) in [5, 5.41) is 2.94. The summed E-state index contributed by atoms with van der Waals surface area (Å²) in [6.45, 7) is 0.999. The zero-order valence-corrected chi connectivity index (χ0v) is 21.6. The van der Waals surface area contributed by atoms with Gasteiger partial charge in [0.25, 0.3) is 11.8 Å². The number of amides is 3. The Balaban J connectivity index is 1.37. The van der Waals surface area contributed by atoms with Crippen LogP contribution < -0.4 is 10.1 Å². The van der Waals surface area contributed by atoms with Gasteiger partial charge in [0, 0.05) is 43.6 Å². The van der Waals surface area contributed by atoms with E-state index in [1.807, 2.05) is 30.3 Å². The molecule has 2 fully saturated rings. The number of nitrogens with one attached hydrogen (secondary N) is 1. The van der Waals surface area contributed by atoms with Gasteiger partial charge < -0.3 is 19.7 Å². The van der Waals surface area contributed by atoms with Crippen LogP contribution in [0.1, 0.15) is 39.1 Å². The van der Waals surface area contributed by atoms with Gasteiger partial charge in [-0.05, 0) is 48.0 Å². The maximum Gasteiger partial charge on any atom is 0.257 e. The van der Waals surface area contributed by atoms with Gasteiger partial charge in [-0.2, -0.15) is 0 Å². The predicted octanol–water partition coefficient (Wildman–Crippen LogP) is 3.62. The molecule has 39 heavy (non-hydrogen) atoms. The average Bonchev–Trinajstić information content (AvgIpc) is 3.34. The minimum atomic E-state index is -1.05. The summed E-state index contributed by atoms with van der Waals surface area (Å²) in [5.41, 5.74) is 0.666. The molecule has 2 heterocycles. The van der Waals surface area contributed by atoms with Crippen LogP contribution in [0.4, 0.5) is 4.39 Å². The van der Waals surface area contributed by atoms with E-state index in [0.717, 1.165) is 5.56 Å². The van der Waals surface area contributed by atoms with Crippen molar-refractivity contribution in [3.63, 3.8) is 0 Å². The first-order valence-corrected chi connectivity index (χ1v) is 12.9. The van der Waals surface area contributed by atoms with E-state index in [-0.39, 0.29) is 24.3 Å². The summed E-state index contributed by atoms with van der Waals surface area (Å²) < 4.78 is 24.9. The Labute approximate surface area is 226 Å². The molecule has 0 radical (unpaired) electrons. The molecule has 9 heteroatoms. The third kappa shape index (κ3) is 5.49. The van der Waals surface area contributed by atoms with Gasteiger partial charge in [0.05, 0.1) is 13.7 Å². The van der Waals surface area contributed by atoms with E-state index in [9.17, 15) is 18.8 Å². The lowest BCUT2D eigenvalue weighted by Gasteiger charge is -2.44. The summed E-state index contributed by atoms with van der Waals surface area (Å²) in [6, 6.07) is 20.9. The van der Waals surface area contributed by atoms with E-state index in [0.29, 0.717) is 49.4 Å². The molecule has 3 amide bonds. The Bertz CT molecular complexity index is 1340. The molecule has 2 aliphatic rings. The minimum Gasteiger partial charge on any atom is -0.497 e. The molecule has 0 bridgehead atoms. The average molecular weight is 532 g/mol. The Morgan fingerprint density at radius 3 is 2.36 bits per heavy atom. The van der Waals surface area contributed by atoms with E-state index < -0.39 is 17.6 Å². The third-order valence-electron chi connectivity index (χ3n) is 7.33. The van der Waals surface area contributed by atoms with Crippen molar-refractivity contribution in [3.05, 3.63) is 101 Å². The van der Waals surface area contributed by atoms with Gasteiger partial charge in [-0.15, -0.1) is 0 Å². The summed E-state index contributed by atoms with van der Waals surface area (Å²) in [4.78, 5) is 43.6. The molecule has 202 valence electrons. The molecule has 3 aromatic rings. The number of hydrogen-bond donors (Lipinski definition) is 1. The molecule has 5 rings (SSSR count). The number of halogens is 1. The summed E-state index contributed by atoms with van der Waals surface area (Å²) in [6.07, 6.45) is 0.663. The highest BCUT2D eigenvalue weighted by molar-refractivity contribution is 5.99. The normalized spacial score (nSPS) is 18.2. The lowest BCUT2D eigenvalue weighted by atomic mass is 9.96. The number of methoxy groups -OCH3 is 1. The first-order valence-electron chi connectivity index (χ1n) is 12.9. The number of piperidine rings is 1. The lowest BCUT2D eigenvalue weighted by Crippen LogP contribution is -2.59. The van der Waals surface area contributed by atoms with E-state index in [2.05, 4.69) is 5.32 Å². The number of rotatable bonds is 6. The van der Waals surface area contributed by atoms with Crippen molar-refractivity contribution in [2.75, 3.05) is 26.8 Å². The third-order valence-corrected chi connectivity index (χ3v) is 7.33. The largest absolute Gasteiger partial charge is 0.497 e. The number of ether oxygens (including phenoxy) is 2. The quantitative estimate of drug-likeness (QED) is 0.525. The van der Waals surface area contributed by atoms with Crippen molar-refractivity contribution in [3.8, 4) is 5.75 Å². The number of nitrogens with zero attached hydrogens (tertiary/aromatic N) is 2. The summed E-state index contributed by atoms with van der Waals surface area (Å²) >= 11 is 0. The van der Waals surface area contributed by atoms with E-state index >= 15 is 0 Å². The monoisotopic (exact) mass is 531 g/mol. The Hall–Kier alpha value is -4.24. The van der Waals surface area contributed by atoms with Crippen LogP contribution in [0.5, 0.6) is 5.75 Å². The predicted molar refractivity (Wildman–Crippen MR) is 141 cm³/mol. The summed E-state index contributed by atoms with van der Waals surface area (Å²) in [7, 11) is 1.53. The van der Waals surface area contributed by atoms with E-state index in [1.165, 1.54) is 31.4 Å². The summed E-state index contributed by atoms with van der Waals surface area (Å²) in [5.74, 6) is -0.751. The number of benzene rings is 3. The molecule has 1 atom stereocenters. The molecule has 0 aromatic heterocycles. The minimum absolute atomic E-state index is 0.0439. The fourth-order valence-corrected chi connectivity index (χ4v) is 5.20. The van der Waals surface area contributed by atoms with Crippen LogP contribution >= 0.6 is 0 Å². The van der Waals surface area contributed by atoms with Crippen molar-refractivity contribution in [1.82, 2.24) is 15.1 Å². The van der Waals surface area contributed by atoms with Gasteiger partial charge in [-0.3, -0.25) is 19.3 Å². The van der Waals surface area contributed by atoms with Crippen LogP contribution in [0.2, 0.25) is 0 Å². The molecule has 2 aliphatic heterocycles. The smallest absolute Gasteiger partial charge is 0.257 e. The molecular weight excluding hydrogens is 501 g/mol. The standard InChI is InChI=1S/C30H30FN3O5/c1-38-25-9-5-8-23(18-25)29(37)34-26(27(35)32-19-21-6-3-2-4-7-21)20-39-30(34)14-16-33(17-15-30)28(36)22-10-12-24(31)13-11-22/h2-13,18,26H,14-17,19-20H2,1H3,(H,32,35)/t26-/m1/s1. The molecular formula is C30H30FN3O5. The maximum atomic E-state index is 13.9. The van der Waals surface area contributed by atoms with Crippen LogP contribution in [-0.4, -0.2) is 66.1 Å². The Morgan fingerprint density at radius 1 is 0.949 bits per heavy atom. The Morgan fingerprint density at radius 2 is 1.67 bits per heavy atom. The number of carbonyl (C=O) groups excluding carboxylic acids is 3. The zero-order valence-electron chi connectivity index (χ0n) is 21.6. The van der Waals surface area contributed by atoms with Crippen molar-refractivity contribution in [1.29, 1.82) is 0 Å². The van der Waals surface area contributed by atoms with Crippen molar-refractivity contribution < 1.29 is 28.2 Å². The molecule has 8 nitrogen and oxygen atoms in total. The van der Waals surface area contributed by atoms with E-state index in [1.54, 1.807) is 34.1 Å². The molecule has 2 saturated heterocycles. The van der Waals surface area contributed by atoms with Gasteiger partial charge in [-0.1, -0.05) is 36.4 Å². The fourth-order valence-electron chi connectivity index (χ4n) is 5.20. The first-order chi connectivity index (χ1) is 18.9. The molecule has 3 aromatic carbocycles. The number of hydrogen-bond acceptors (Lipinski definition) is 5. The lowest BCUT2D eigenvalue weighted by molar-refractivity contribution is -0.128. The van der Waals surface area contributed by atoms with Gasteiger partial charge in [0.1, 0.15) is 23.3 Å². The van der Waals surface area contributed by atoms with Crippen molar-refractivity contribution >= 4 is 17.7 Å². The molecule has 1 spiro atoms. The highest BCUT2D eigenvalue weighted by Crippen LogP contribution is 2.39. The Kier molecular flexibility index (Phi) is 7.60. The molecule has 1 N–H and O–H groups in total. The number of likely N-dealkylation sites (tertiary alicyclic amines) is 1. The van der Waals surface area contributed by atoms with Crippen LogP contribution in [0, 0.1) is 5.82 Å². The molecule has 0 saturated carbocycles. The zero-order chi connectivity index (χ0) is 27.4. The topological polar surface area (TPSA) is 88.2 Å². The van der Waals surface area contributed by atoms with Crippen LogP contribution in [-0.2, 0) is 16.1 Å². The van der Waals surface area contributed by atoms with Gasteiger partial charge >= 0.3 is 0 Å². The van der Waals surface area contributed by atoms with Crippen LogP contribution in [0.3, 0.4) is 0 Å². The second kappa shape index (κ2) is 11.2. The second-order valence-electron chi connectivity index (χ2n) is 9.68. The second-order valence-corrected chi connectivity index (χ2v) is 9.68.